The molecule has 3 atom stereocenters. The van der Waals surface area contributed by atoms with E-state index in [2.05, 4.69) is 23.0 Å². The number of aliphatic hydroxyl groups is 1. The van der Waals surface area contributed by atoms with Crippen molar-refractivity contribution in [2.24, 2.45) is 0 Å². The Balaban J connectivity index is 1.60. The molecule has 26 heavy (non-hydrogen) atoms. The lowest BCUT2D eigenvalue weighted by atomic mass is 9.95. The van der Waals surface area contributed by atoms with Crippen LogP contribution in [0, 0.1) is 0 Å². The first kappa shape index (κ1) is 19.8. The van der Waals surface area contributed by atoms with E-state index in [-0.39, 0.29) is 18.7 Å². The standard InChI is InChI=1S/C21H31BrNO3/c1-23(12-6-5-11-22)17-9-10-18(23)14-19(13-17)26-21(25)20(15-24)16-7-3-2-4-8-16/h2-4,7-8,17-20,24H,5-6,9-15H2,1H3/q+1. The molecule has 1 N–H and O–H groups in total. The number of piperidine rings is 1. The predicted octanol–water partition coefficient (Wildman–Crippen LogP) is 3.62. The molecule has 0 saturated carbocycles. The number of fused-ring (bicyclic) bond motifs is 2. The molecule has 144 valence electrons. The van der Waals surface area contributed by atoms with Crippen LogP contribution in [0.25, 0.3) is 0 Å². The molecule has 3 rings (SSSR count). The van der Waals surface area contributed by atoms with Crippen LogP contribution in [0.4, 0.5) is 0 Å². The Morgan fingerprint density at radius 3 is 2.46 bits per heavy atom. The molecule has 2 bridgehead atoms. The molecule has 0 aliphatic carbocycles. The van der Waals surface area contributed by atoms with Crippen molar-refractivity contribution < 1.29 is 19.1 Å². The number of hydrogen-bond donors (Lipinski definition) is 1. The van der Waals surface area contributed by atoms with Gasteiger partial charge in [0.05, 0.1) is 32.3 Å². The third kappa shape index (κ3) is 4.15. The SMILES string of the molecule is C[N+]1(CCCCBr)C2CCC1CC(OC(=O)C(CO)c1ccccc1)C2. The van der Waals surface area contributed by atoms with Gasteiger partial charge in [0.15, 0.2) is 0 Å². The zero-order valence-corrected chi connectivity index (χ0v) is 17.2. The molecule has 0 aromatic heterocycles. The van der Waals surface area contributed by atoms with Crippen LogP contribution in [0.5, 0.6) is 0 Å². The molecular weight excluding hydrogens is 394 g/mol. The summed E-state index contributed by atoms with van der Waals surface area (Å²) in [5.41, 5.74) is 0.828. The fourth-order valence-corrected chi connectivity index (χ4v) is 5.35. The topological polar surface area (TPSA) is 46.5 Å². The van der Waals surface area contributed by atoms with Crippen LogP contribution in [0.15, 0.2) is 30.3 Å². The molecular formula is C21H31BrNO3+. The molecule has 3 unspecified atom stereocenters. The van der Waals surface area contributed by atoms with E-state index in [9.17, 15) is 9.90 Å². The average molecular weight is 425 g/mol. The van der Waals surface area contributed by atoms with E-state index in [4.69, 9.17) is 4.74 Å². The van der Waals surface area contributed by atoms with Gasteiger partial charge in [0, 0.05) is 31.0 Å². The molecule has 5 heteroatoms. The summed E-state index contributed by atoms with van der Waals surface area (Å²) in [5, 5.41) is 10.8. The van der Waals surface area contributed by atoms with Gasteiger partial charge in [0.2, 0.25) is 0 Å². The number of benzene rings is 1. The summed E-state index contributed by atoms with van der Waals surface area (Å²) in [6, 6.07) is 10.7. The van der Waals surface area contributed by atoms with Crippen molar-refractivity contribution in [1.82, 2.24) is 0 Å². The second-order valence-corrected chi connectivity index (χ2v) is 8.82. The highest BCUT2D eigenvalue weighted by Gasteiger charge is 2.52. The van der Waals surface area contributed by atoms with Crippen molar-refractivity contribution in [2.45, 2.75) is 62.6 Å². The normalized spacial score (nSPS) is 31.6. The Kier molecular flexibility index (Phi) is 6.76. The minimum Gasteiger partial charge on any atom is -0.461 e. The van der Waals surface area contributed by atoms with E-state index >= 15 is 0 Å². The van der Waals surface area contributed by atoms with Crippen molar-refractivity contribution in [3.8, 4) is 0 Å². The molecule has 0 amide bonds. The third-order valence-corrected chi connectivity index (χ3v) is 7.11. The fourth-order valence-electron chi connectivity index (χ4n) is 4.95. The largest absolute Gasteiger partial charge is 0.461 e. The molecule has 2 saturated heterocycles. The van der Waals surface area contributed by atoms with Gasteiger partial charge in [0.25, 0.3) is 0 Å². The van der Waals surface area contributed by atoms with Crippen LogP contribution in [0.2, 0.25) is 0 Å². The summed E-state index contributed by atoms with van der Waals surface area (Å²) in [5.74, 6) is -0.853. The maximum Gasteiger partial charge on any atom is 0.316 e. The maximum absolute atomic E-state index is 12.7. The molecule has 2 aliphatic rings. The Bertz CT molecular complexity index is 580. The van der Waals surface area contributed by atoms with Gasteiger partial charge in [-0.2, -0.15) is 0 Å². The van der Waals surface area contributed by atoms with Crippen LogP contribution < -0.4 is 0 Å². The maximum atomic E-state index is 12.7. The van der Waals surface area contributed by atoms with E-state index in [0.29, 0.717) is 12.1 Å². The molecule has 2 heterocycles. The van der Waals surface area contributed by atoms with E-state index in [1.54, 1.807) is 0 Å². The van der Waals surface area contributed by atoms with Gasteiger partial charge in [-0.15, -0.1) is 0 Å². The lowest BCUT2D eigenvalue weighted by Crippen LogP contribution is -2.59. The van der Waals surface area contributed by atoms with Crippen molar-refractivity contribution in [2.75, 3.05) is 25.5 Å². The molecule has 0 spiro atoms. The average Bonchev–Trinajstić information content (AvgIpc) is 2.81. The summed E-state index contributed by atoms with van der Waals surface area (Å²) in [4.78, 5) is 12.7. The van der Waals surface area contributed by atoms with Gasteiger partial charge in [-0.1, -0.05) is 46.3 Å². The number of rotatable bonds is 8. The Morgan fingerprint density at radius 2 is 1.88 bits per heavy atom. The molecule has 0 radical (unpaired) electrons. The van der Waals surface area contributed by atoms with Gasteiger partial charge in [-0.05, 0) is 18.4 Å². The molecule has 1 aromatic carbocycles. The van der Waals surface area contributed by atoms with E-state index in [0.717, 1.165) is 28.2 Å². The van der Waals surface area contributed by atoms with Gasteiger partial charge in [-0.25, -0.2) is 0 Å². The smallest absolute Gasteiger partial charge is 0.316 e. The number of aliphatic hydroxyl groups excluding tert-OH is 1. The number of hydrogen-bond acceptors (Lipinski definition) is 3. The number of halogens is 1. The number of ether oxygens (including phenoxy) is 1. The minimum absolute atomic E-state index is 0.000127. The number of nitrogens with zero attached hydrogens (tertiary/aromatic N) is 1. The zero-order chi connectivity index (χ0) is 18.6. The Morgan fingerprint density at radius 1 is 1.23 bits per heavy atom. The van der Waals surface area contributed by atoms with Crippen LogP contribution in [0.1, 0.15) is 50.0 Å². The van der Waals surface area contributed by atoms with Crippen molar-refractivity contribution in [3.05, 3.63) is 35.9 Å². The highest BCUT2D eigenvalue weighted by molar-refractivity contribution is 9.09. The van der Waals surface area contributed by atoms with Crippen LogP contribution in [-0.2, 0) is 9.53 Å². The van der Waals surface area contributed by atoms with Gasteiger partial charge >= 0.3 is 5.97 Å². The second-order valence-electron chi connectivity index (χ2n) is 8.03. The number of unbranched alkanes of at least 4 members (excludes halogenated alkanes) is 1. The number of esters is 1. The van der Waals surface area contributed by atoms with Crippen molar-refractivity contribution in [3.63, 3.8) is 0 Å². The number of carbonyl (C=O) groups excluding carboxylic acids is 1. The van der Waals surface area contributed by atoms with E-state index in [1.165, 1.54) is 32.2 Å². The minimum atomic E-state index is -0.574. The first-order valence-corrected chi connectivity index (χ1v) is 11.0. The molecule has 1 aromatic rings. The highest BCUT2D eigenvalue weighted by atomic mass is 79.9. The molecule has 4 nitrogen and oxygen atoms in total. The van der Waals surface area contributed by atoms with Crippen molar-refractivity contribution in [1.29, 1.82) is 0 Å². The van der Waals surface area contributed by atoms with Gasteiger partial charge in [-0.3, -0.25) is 4.79 Å². The zero-order valence-electron chi connectivity index (χ0n) is 15.6. The summed E-state index contributed by atoms with van der Waals surface area (Å²) >= 11 is 3.53. The van der Waals surface area contributed by atoms with Crippen molar-refractivity contribution >= 4 is 21.9 Å². The van der Waals surface area contributed by atoms with Crippen LogP contribution >= 0.6 is 15.9 Å². The fraction of sp³-hybridized carbons (Fsp3) is 0.667. The quantitative estimate of drug-likeness (QED) is 0.300. The molecule has 2 aliphatic heterocycles. The monoisotopic (exact) mass is 424 g/mol. The first-order valence-electron chi connectivity index (χ1n) is 9.85. The Hall–Kier alpha value is -0.910. The third-order valence-electron chi connectivity index (χ3n) is 6.55. The van der Waals surface area contributed by atoms with E-state index < -0.39 is 5.92 Å². The van der Waals surface area contributed by atoms with Crippen LogP contribution in [0.3, 0.4) is 0 Å². The highest BCUT2D eigenvalue weighted by Crippen LogP contribution is 2.42. The summed E-state index contributed by atoms with van der Waals surface area (Å²) in [7, 11) is 2.40. The number of quaternary nitrogens is 1. The predicted molar refractivity (Wildman–Crippen MR) is 106 cm³/mol. The molecule has 2 fully saturated rings. The second kappa shape index (κ2) is 8.85. The summed E-state index contributed by atoms with van der Waals surface area (Å²) in [6.45, 7) is 1.02. The van der Waals surface area contributed by atoms with Crippen LogP contribution in [-0.4, -0.2) is 59.3 Å². The number of alkyl halides is 1. The Labute approximate surface area is 165 Å². The van der Waals surface area contributed by atoms with Gasteiger partial charge in [0.1, 0.15) is 12.0 Å². The lowest BCUT2D eigenvalue weighted by Gasteiger charge is -2.47. The number of carbonyl (C=O) groups is 1. The summed E-state index contributed by atoms with van der Waals surface area (Å²) in [6.07, 6.45) is 6.87. The first-order chi connectivity index (χ1) is 12.6. The lowest BCUT2D eigenvalue weighted by molar-refractivity contribution is -0.949. The van der Waals surface area contributed by atoms with E-state index in [1.807, 2.05) is 30.3 Å². The summed E-state index contributed by atoms with van der Waals surface area (Å²) < 4.78 is 7.04. The van der Waals surface area contributed by atoms with Gasteiger partial charge < -0.3 is 14.3 Å².